The Bertz CT molecular complexity index is 982. The molecule has 0 N–H and O–H groups in total. The molecule has 0 unspecified atom stereocenters. The summed E-state index contributed by atoms with van der Waals surface area (Å²) in [5.74, 6) is -0.0148. The van der Waals surface area contributed by atoms with E-state index in [1.54, 1.807) is 11.5 Å². The summed E-state index contributed by atoms with van der Waals surface area (Å²) in [4.78, 5) is 16.7. The van der Waals surface area contributed by atoms with Gasteiger partial charge in [-0.3, -0.25) is 9.36 Å². The molecule has 0 atom stereocenters. The Morgan fingerprint density at radius 2 is 1.75 bits per heavy atom. The minimum Gasteiger partial charge on any atom is -0.274 e. The molecule has 2 aromatic heterocycles. The van der Waals surface area contributed by atoms with E-state index in [0.29, 0.717) is 0 Å². The number of hydrogen-bond acceptors (Lipinski definition) is 2. The Morgan fingerprint density at radius 3 is 2.60 bits per heavy atom. The molecule has 0 aliphatic rings. The van der Waals surface area contributed by atoms with Crippen LogP contribution in [-0.4, -0.2) is 15.5 Å². The number of aromatic nitrogens is 2. The van der Waals surface area contributed by atoms with Gasteiger partial charge in [-0.25, -0.2) is 4.98 Å². The molecule has 0 spiro atoms. The minimum absolute atomic E-state index is 0.0148. The maximum atomic E-state index is 12.0. The Hall–Kier alpha value is -2.68. The van der Waals surface area contributed by atoms with Crippen molar-refractivity contribution >= 4 is 38.7 Å². The van der Waals surface area contributed by atoms with E-state index in [0.717, 1.165) is 32.8 Å². The van der Waals surface area contributed by atoms with E-state index >= 15 is 0 Å². The van der Waals surface area contributed by atoms with Crippen LogP contribution in [0.1, 0.15) is 11.7 Å². The Balaban J connectivity index is 2.32. The van der Waals surface area contributed by atoms with Crippen LogP contribution in [0.5, 0.6) is 0 Å². The monoisotopic (exact) mass is 260 g/mol. The molecule has 0 radical (unpaired) electrons. The van der Waals surface area contributed by atoms with Crippen molar-refractivity contribution in [3.8, 4) is 0 Å². The zero-order valence-electron chi connectivity index (χ0n) is 11.0. The summed E-state index contributed by atoms with van der Waals surface area (Å²) in [7, 11) is 0. The van der Waals surface area contributed by atoms with Crippen LogP contribution in [0.4, 0.5) is 0 Å². The van der Waals surface area contributed by atoms with Crippen molar-refractivity contribution in [2.24, 2.45) is 0 Å². The van der Waals surface area contributed by atoms with Gasteiger partial charge in [-0.1, -0.05) is 36.4 Å². The van der Waals surface area contributed by atoms with Gasteiger partial charge >= 0.3 is 0 Å². The molecule has 3 heteroatoms. The third-order valence-corrected chi connectivity index (χ3v) is 3.67. The van der Waals surface area contributed by atoms with Crippen LogP contribution in [0.15, 0.2) is 54.6 Å². The van der Waals surface area contributed by atoms with Gasteiger partial charge < -0.3 is 0 Å². The molecular weight excluding hydrogens is 248 g/mol. The first-order chi connectivity index (χ1) is 9.75. The first-order valence-electron chi connectivity index (χ1n) is 6.55. The lowest BCUT2D eigenvalue weighted by Gasteiger charge is -2.01. The lowest BCUT2D eigenvalue weighted by atomic mass is 10.1. The average Bonchev–Trinajstić information content (AvgIpc) is 2.78. The van der Waals surface area contributed by atoms with Gasteiger partial charge in [0, 0.05) is 23.1 Å². The van der Waals surface area contributed by atoms with Crippen molar-refractivity contribution in [1.29, 1.82) is 0 Å². The summed E-state index contributed by atoms with van der Waals surface area (Å²) in [6.07, 6.45) is 0. The third-order valence-electron chi connectivity index (χ3n) is 3.67. The van der Waals surface area contributed by atoms with E-state index in [1.165, 1.54) is 0 Å². The zero-order valence-corrected chi connectivity index (χ0v) is 11.0. The largest absolute Gasteiger partial charge is 0.274 e. The van der Waals surface area contributed by atoms with Crippen molar-refractivity contribution in [1.82, 2.24) is 9.55 Å². The van der Waals surface area contributed by atoms with E-state index < -0.39 is 0 Å². The van der Waals surface area contributed by atoms with Crippen molar-refractivity contribution in [2.75, 3.05) is 0 Å². The fourth-order valence-electron chi connectivity index (χ4n) is 2.80. The quantitative estimate of drug-likeness (QED) is 0.479. The molecule has 0 fully saturated rings. The van der Waals surface area contributed by atoms with Crippen molar-refractivity contribution in [3.63, 3.8) is 0 Å². The van der Waals surface area contributed by atoms with Gasteiger partial charge in [0.05, 0.1) is 11.0 Å². The van der Waals surface area contributed by atoms with E-state index in [9.17, 15) is 4.79 Å². The highest BCUT2D eigenvalue weighted by atomic mass is 16.1. The van der Waals surface area contributed by atoms with Gasteiger partial charge in [-0.2, -0.15) is 0 Å². The predicted octanol–water partition coefficient (Wildman–Crippen LogP) is 4.00. The standard InChI is InChI=1S/C17H12N2O/c1-11(20)19-16-9-5-3-7-13(16)14-10-12-6-2-4-8-15(12)18-17(14)19/h2-10H,1H3. The van der Waals surface area contributed by atoms with Gasteiger partial charge in [0.1, 0.15) is 5.65 Å². The first-order valence-corrected chi connectivity index (χ1v) is 6.55. The van der Waals surface area contributed by atoms with E-state index in [-0.39, 0.29) is 5.91 Å². The molecule has 4 rings (SSSR count). The molecule has 0 aliphatic carbocycles. The topological polar surface area (TPSA) is 34.9 Å². The Kier molecular flexibility index (Phi) is 2.18. The molecule has 4 aromatic rings. The van der Waals surface area contributed by atoms with Gasteiger partial charge in [0.2, 0.25) is 5.91 Å². The fourth-order valence-corrected chi connectivity index (χ4v) is 2.80. The van der Waals surface area contributed by atoms with Crippen LogP contribution >= 0.6 is 0 Å². The number of fused-ring (bicyclic) bond motifs is 4. The van der Waals surface area contributed by atoms with Crippen molar-refractivity contribution < 1.29 is 4.79 Å². The molecule has 2 aromatic carbocycles. The molecule has 0 saturated heterocycles. The van der Waals surface area contributed by atoms with Gasteiger partial charge in [-0.15, -0.1) is 0 Å². The van der Waals surface area contributed by atoms with Crippen LogP contribution in [0.3, 0.4) is 0 Å². The molecule has 0 amide bonds. The van der Waals surface area contributed by atoms with E-state index in [4.69, 9.17) is 0 Å². The van der Waals surface area contributed by atoms with Gasteiger partial charge in [0.15, 0.2) is 0 Å². The molecule has 3 nitrogen and oxygen atoms in total. The second-order valence-corrected chi connectivity index (χ2v) is 4.92. The smallest absolute Gasteiger partial charge is 0.229 e. The van der Waals surface area contributed by atoms with E-state index in [1.807, 2.05) is 48.5 Å². The molecule has 2 heterocycles. The minimum atomic E-state index is -0.0148. The zero-order chi connectivity index (χ0) is 13.7. The molecule has 0 aliphatic heterocycles. The maximum Gasteiger partial charge on any atom is 0.229 e. The fraction of sp³-hybridized carbons (Fsp3) is 0.0588. The van der Waals surface area contributed by atoms with Gasteiger partial charge in [-0.05, 0) is 18.2 Å². The second-order valence-electron chi connectivity index (χ2n) is 4.92. The Labute approximate surface area is 115 Å². The van der Waals surface area contributed by atoms with Gasteiger partial charge in [0.25, 0.3) is 0 Å². The van der Waals surface area contributed by atoms with Crippen LogP contribution in [0.25, 0.3) is 32.8 Å². The Morgan fingerprint density at radius 1 is 1.00 bits per heavy atom. The number of hydrogen-bond donors (Lipinski definition) is 0. The predicted molar refractivity (Wildman–Crippen MR) is 81.0 cm³/mol. The third kappa shape index (κ3) is 1.40. The second kappa shape index (κ2) is 3.90. The number of carbonyl (C=O) groups excluding carboxylic acids is 1. The summed E-state index contributed by atoms with van der Waals surface area (Å²) >= 11 is 0. The summed E-state index contributed by atoms with van der Waals surface area (Å²) < 4.78 is 1.69. The first kappa shape index (κ1) is 11.2. The van der Waals surface area contributed by atoms with Crippen molar-refractivity contribution in [3.05, 3.63) is 54.6 Å². The summed E-state index contributed by atoms with van der Waals surface area (Å²) in [5, 5.41) is 3.18. The molecular formula is C17H12N2O. The summed E-state index contributed by atoms with van der Waals surface area (Å²) in [6.45, 7) is 1.57. The SMILES string of the molecule is CC(=O)n1c2ccccc2c2cc3ccccc3nc21. The number of pyridine rings is 1. The van der Waals surface area contributed by atoms with Crippen molar-refractivity contribution in [2.45, 2.75) is 6.92 Å². The molecule has 0 bridgehead atoms. The summed E-state index contributed by atoms with van der Waals surface area (Å²) in [5.41, 5.74) is 2.56. The number of rotatable bonds is 0. The van der Waals surface area contributed by atoms with Crippen LogP contribution in [0.2, 0.25) is 0 Å². The normalized spacial score (nSPS) is 11.4. The number of para-hydroxylation sites is 2. The lowest BCUT2D eigenvalue weighted by molar-refractivity contribution is 0.0946. The lowest BCUT2D eigenvalue weighted by Crippen LogP contribution is -2.05. The molecule has 0 saturated carbocycles. The molecule has 96 valence electrons. The highest BCUT2D eigenvalue weighted by Crippen LogP contribution is 2.30. The van der Waals surface area contributed by atoms with E-state index in [2.05, 4.69) is 11.1 Å². The highest BCUT2D eigenvalue weighted by Gasteiger charge is 2.14. The van der Waals surface area contributed by atoms with Crippen LogP contribution in [0, 0.1) is 0 Å². The summed E-state index contributed by atoms with van der Waals surface area (Å²) in [6, 6.07) is 18.0. The number of nitrogens with zero attached hydrogens (tertiary/aromatic N) is 2. The number of benzene rings is 2. The number of carbonyl (C=O) groups is 1. The van der Waals surface area contributed by atoms with Crippen LogP contribution < -0.4 is 0 Å². The molecule has 20 heavy (non-hydrogen) atoms. The highest BCUT2D eigenvalue weighted by molar-refractivity contribution is 6.14. The average molecular weight is 260 g/mol. The maximum absolute atomic E-state index is 12.0. The van der Waals surface area contributed by atoms with Crippen LogP contribution in [-0.2, 0) is 0 Å².